The number of nitrogens with one attached hydrogen (secondary N) is 2. The lowest BCUT2D eigenvalue weighted by Crippen LogP contribution is -2.25. The van der Waals surface area contributed by atoms with Crippen LogP contribution in [0, 0.1) is 17.1 Å². The van der Waals surface area contributed by atoms with Gasteiger partial charge in [0.1, 0.15) is 17.5 Å². The molecule has 38 heavy (non-hydrogen) atoms. The average Bonchev–Trinajstić information content (AvgIpc) is 2.91. The third-order valence-corrected chi connectivity index (χ3v) is 5.84. The minimum atomic E-state index is -0.465. The van der Waals surface area contributed by atoms with Crippen molar-refractivity contribution in [2.45, 2.75) is 19.8 Å². The van der Waals surface area contributed by atoms with E-state index in [0.717, 1.165) is 12.8 Å². The van der Waals surface area contributed by atoms with Crippen molar-refractivity contribution in [1.29, 1.82) is 5.26 Å². The fraction of sp³-hybridized carbons (Fsp3) is 0.207. The molecule has 0 aromatic heterocycles. The maximum atomic E-state index is 13.1. The smallest absolute Gasteiger partial charge is 0.262 e. The SMILES string of the molecule is CCOc1cc(/C=C(/C#N)C(=O)NCCCc2ccccc2)cc(Br)c1OCC(=O)Nc1ccc(F)cc1. The Morgan fingerprint density at radius 2 is 1.82 bits per heavy atom. The highest BCUT2D eigenvalue weighted by Gasteiger charge is 2.16. The number of nitriles is 1. The molecule has 0 saturated heterocycles. The second kappa shape index (κ2) is 14.5. The van der Waals surface area contributed by atoms with Crippen LogP contribution in [-0.4, -0.2) is 31.6 Å². The highest BCUT2D eigenvalue weighted by molar-refractivity contribution is 9.10. The standard InChI is InChI=1S/C29H27BrFN3O4/c1-2-37-26-17-21(15-22(18-32)29(36)33-14-6-9-20-7-4-3-5-8-20)16-25(30)28(26)38-19-27(35)34-24-12-10-23(31)11-13-24/h3-5,7-8,10-13,15-17H,2,6,9,14,19H2,1H3,(H,33,36)(H,34,35)/b22-15-. The van der Waals surface area contributed by atoms with Gasteiger partial charge in [-0.25, -0.2) is 4.39 Å². The third-order valence-electron chi connectivity index (χ3n) is 5.25. The molecule has 0 aliphatic carbocycles. The third kappa shape index (κ3) is 8.75. The normalized spacial score (nSPS) is 10.8. The van der Waals surface area contributed by atoms with E-state index in [-0.39, 0.29) is 12.2 Å². The number of carbonyl (C=O) groups is 2. The zero-order valence-corrected chi connectivity index (χ0v) is 22.4. The Kier molecular flexibility index (Phi) is 10.9. The molecule has 7 nitrogen and oxygen atoms in total. The summed E-state index contributed by atoms with van der Waals surface area (Å²) in [5, 5.41) is 15.0. The highest BCUT2D eigenvalue weighted by Crippen LogP contribution is 2.37. The Morgan fingerprint density at radius 3 is 2.50 bits per heavy atom. The summed E-state index contributed by atoms with van der Waals surface area (Å²) in [6, 6.07) is 20.6. The number of benzene rings is 3. The largest absolute Gasteiger partial charge is 0.490 e. The molecule has 0 bridgehead atoms. The van der Waals surface area contributed by atoms with E-state index in [2.05, 4.69) is 26.6 Å². The number of nitrogens with zero attached hydrogens (tertiary/aromatic N) is 1. The topological polar surface area (TPSA) is 100 Å². The number of rotatable bonds is 12. The number of hydrogen-bond acceptors (Lipinski definition) is 5. The summed E-state index contributed by atoms with van der Waals surface area (Å²) in [5.74, 6) is -0.678. The van der Waals surface area contributed by atoms with Gasteiger partial charge in [-0.2, -0.15) is 5.26 Å². The number of hydrogen-bond donors (Lipinski definition) is 2. The number of aryl methyl sites for hydroxylation is 1. The molecule has 0 saturated carbocycles. The summed E-state index contributed by atoms with van der Waals surface area (Å²) in [4.78, 5) is 24.9. The van der Waals surface area contributed by atoms with Crippen LogP contribution in [0.25, 0.3) is 6.08 Å². The summed E-state index contributed by atoms with van der Waals surface area (Å²) in [6.45, 7) is 2.24. The Morgan fingerprint density at radius 1 is 1.08 bits per heavy atom. The molecule has 0 atom stereocenters. The summed E-state index contributed by atoms with van der Waals surface area (Å²) in [5.41, 5.74) is 2.11. The fourth-order valence-electron chi connectivity index (χ4n) is 3.49. The van der Waals surface area contributed by atoms with Gasteiger partial charge in [-0.15, -0.1) is 0 Å². The molecule has 0 heterocycles. The van der Waals surface area contributed by atoms with E-state index in [4.69, 9.17) is 9.47 Å². The Labute approximate surface area is 229 Å². The average molecular weight is 580 g/mol. The summed E-state index contributed by atoms with van der Waals surface area (Å²) < 4.78 is 24.9. The van der Waals surface area contributed by atoms with Crippen LogP contribution in [-0.2, 0) is 16.0 Å². The molecule has 0 aliphatic heterocycles. The molecule has 9 heteroatoms. The van der Waals surface area contributed by atoms with Crippen LogP contribution in [0.1, 0.15) is 24.5 Å². The molecular formula is C29H27BrFN3O4. The van der Waals surface area contributed by atoms with Crippen LogP contribution in [0.4, 0.5) is 10.1 Å². The maximum absolute atomic E-state index is 13.1. The molecule has 3 aromatic carbocycles. The van der Waals surface area contributed by atoms with Gasteiger partial charge >= 0.3 is 0 Å². The van der Waals surface area contributed by atoms with Crippen molar-refractivity contribution < 1.29 is 23.5 Å². The predicted molar refractivity (Wildman–Crippen MR) is 147 cm³/mol. The number of ether oxygens (including phenoxy) is 2. The first-order chi connectivity index (χ1) is 18.4. The second-order valence-electron chi connectivity index (χ2n) is 8.12. The number of halogens is 2. The maximum Gasteiger partial charge on any atom is 0.262 e. The van der Waals surface area contributed by atoms with Gasteiger partial charge in [-0.1, -0.05) is 30.3 Å². The first kappa shape index (κ1) is 28.4. The van der Waals surface area contributed by atoms with Crippen LogP contribution < -0.4 is 20.1 Å². The van der Waals surface area contributed by atoms with Gasteiger partial charge in [0.25, 0.3) is 11.8 Å². The molecule has 196 valence electrons. The van der Waals surface area contributed by atoms with Crippen LogP contribution in [0.2, 0.25) is 0 Å². The minimum absolute atomic E-state index is 0.0496. The summed E-state index contributed by atoms with van der Waals surface area (Å²) in [7, 11) is 0. The monoisotopic (exact) mass is 579 g/mol. The van der Waals surface area contributed by atoms with Gasteiger partial charge in [-0.05, 0) is 89.3 Å². The first-order valence-corrected chi connectivity index (χ1v) is 12.8. The van der Waals surface area contributed by atoms with Crippen molar-refractivity contribution in [2.24, 2.45) is 0 Å². The van der Waals surface area contributed by atoms with Gasteiger partial charge in [0, 0.05) is 12.2 Å². The van der Waals surface area contributed by atoms with Gasteiger partial charge in [0.15, 0.2) is 18.1 Å². The van der Waals surface area contributed by atoms with E-state index in [1.165, 1.54) is 35.9 Å². The van der Waals surface area contributed by atoms with Crippen LogP contribution in [0.15, 0.2) is 76.8 Å². The van der Waals surface area contributed by atoms with Gasteiger partial charge in [-0.3, -0.25) is 9.59 Å². The van der Waals surface area contributed by atoms with E-state index in [1.54, 1.807) is 19.1 Å². The van der Waals surface area contributed by atoms with Crippen molar-refractivity contribution in [3.63, 3.8) is 0 Å². The van der Waals surface area contributed by atoms with Crippen LogP contribution in [0.3, 0.4) is 0 Å². The lowest BCUT2D eigenvalue weighted by molar-refractivity contribution is -0.118. The summed E-state index contributed by atoms with van der Waals surface area (Å²) >= 11 is 3.42. The molecule has 3 rings (SSSR count). The lowest BCUT2D eigenvalue weighted by Gasteiger charge is -2.15. The van der Waals surface area contributed by atoms with E-state index in [0.29, 0.717) is 40.4 Å². The molecule has 0 spiro atoms. The molecule has 0 aliphatic rings. The van der Waals surface area contributed by atoms with Crippen molar-refractivity contribution in [3.8, 4) is 17.6 Å². The van der Waals surface area contributed by atoms with Crippen molar-refractivity contribution in [2.75, 3.05) is 25.1 Å². The molecular weight excluding hydrogens is 553 g/mol. The number of amides is 2. The molecule has 0 unspecified atom stereocenters. The minimum Gasteiger partial charge on any atom is -0.490 e. The van der Waals surface area contributed by atoms with Crippen molar-refractivity contribution >= 4 is 39.5 Å². The molecule has 0 fully saturated rings. The van der Waals surface area contributed by atoms with Gasteiger partial charge < -0.3 is 20.1 Å². The molecule has 2 amide bonds. The zero-order valence-electron chi connectivity index (χ0n) is 20.8. The van der Waals surface area contributed by atoms with Crippen LogP contribution in [0.5, 0.6) is 11.5 Å². The van der Waals surface area contributed by atoms with Gasteiger partial charge in [0.05, 0.1) is 11.1 Å². The second-order valence-corrected chi connectivity index (χ2v) is 8.98. The Bertz CT molecular complexity index is 1320. The van der Waals surface area contributed by atoms with Crippen molar-refractivity contribution in [3.05, 3.63) is 93.7 Å². The summed E-state index contributed by atoms with van der Waals surface area (Å²) in [6.07, 6.45) is 3.03. The quantitative estimate of drug-likeness (QED) is 0.164. The molecule has 3 aromatic rings. The predicted octanol–water partition coefficient (Wildman–Crippen LogP) is 5.66. The van der Waals surface area contributed by atoms with Gasteiger partial charge in [0.2, 0.25) is 0 Å². The van der Waals surface area contributed by atoms with Crippen LogP contribution >= 0.6 is 15.9 Å². The molecule has 2 N–H and O–H groups in total. The van der Waals surface area contributed by atoms with E-state index >= 15 is 0 Å². The van der Waals surface area contributed by atoms with Crippen molar-refractivity contribution in [1.82, 2.24) is 5.32 Å². The van der Waals surface area contributed by atoms with E-state index in [9.17, 15) is 19.2 Å². The zero-order chi connectivity index (χ0) is 27.3. The van der Waals surface area contributed by atoms with E-state index in [1.807, 2.05) is 36.4 Å². The fourth-order valence-corrected chi connectivity index (χ4v) is 4.07. The van der Waals surface area contributed by atoms with E-state index < -0.39 is 17.6 Å². The number of carbonyl (C=O) groups excluding carboxylic acids is 2. The Balaban J connectivity index is 1.64. The Hall–Kier alpha value is -4.16. The lowest BCUT2D eigenvalue weighted by atomic mass is 10.1. The molecule has 0 radical (unpaired) electrons. The first-order valence-electron chi connectivity index (χ1n) is 12.0. The number of anilines is 1. The highest BCUT2D eigenvalue weighted by atomic mass is 79.9.